The van der Waals surface area contributed by atoms with Crippen molar-refractivity contribution in [3.05, 3.63) is 23.8 Å². The minimum absolute atomic E-state index is 0.0376. The average molecular weight is 349 g/mol. The Morgan fingerprint density at radius 3 is 2.48 bits per heavy atom. The molecule has 0 bridgehead atoms. The zero-order valence-electron chi connectivity index (χ0n) is 15.7. The third-order valence-electron chi connectivity index (χ3n) is 4.63. The quantitative estimate of drug-likeness (QED) is 0.783. The zero-order chi connectivity index (χ0) is 18.1. The Labute approximate surface area is 151 Å². The maximum absolute atomic E-state index is 12.3. The van der Waals surface area contributed by atoms with Gasteiger partial charge >= 0.3 is 6.03 Å². The van der Waals surface area contributed by atoms with E-state index in [1.165, 1.54) is 12.8 Å². The molecule has 1 aromatic rings. The molecule has 1 heterocycles. The normalized spacial score (nSPS) is 15.1. The summed E-state index contributed by atoms with van der Waals surface area (Å²) in [5.41, 5.74) is 1.11. The molecule has 0 unspecified atom stereocenters. The van der Waals surface area contributed by atoms with Crippen LogP contribution >= 0.6 is 0 Å². The fourth-order valence-corrected chi connectivity index (χ4v) is 3.02. The molecule has 1 aliphatic heterocycles. The van der Waals surface area contributed by atoms with Crippen LogP contribution in [0.4, 0.5) is 4.79 Å². The van der Waals surface area contributed by atoms with Gasteiger partial charge in [0.2, 0.25) is 0 Å². The Morgan fingerprint density at radius 1 is 1.12 bits per heavy atom. The molecule has 1 aliphatic rings. The second-order valence-electron chi connectivity index (χ2n) is 6.35. The summed E-state index contributed by atoms with van der Waals surface area (Å²) in [6, 6.07) is 5.89. The molecule has 0 atom stereocenters. The Bertz CT molecular complexity index is 543. The van der Waals surface area contributed by atoms with Gasteiger partial charge in [0.05, 0.1) is 14.2 Å². The predicted octanol–water partition coefficient (Wildman–Crippen LogP) is 2.37. The van der Waals surface area contributed by atoms with Crippen LogP contribution in [0.3, 0.4) is 0 Å². The monoisotopic (exact) mass is 349 g/mol. The number of methoxy groups -OCH3 is 2. The minimum atomic E-state index is 0.0376. The summed E-state index contributed by atoms with van der Waals surface area (Å²) >= 11 is 0. The molecule has 0 aromatic heterocycles. The summed E-state index contributed by atoms with van der Waals surface area (Å²) in [7, 11) is 3.25. The van der Waals surface area contributed by atoms with E-state index in [0.29, 0.717) is 6.54 Å². The number of nitrogens with zero attached hydrogens (tertiary/aromatic N) is 2. The summed E-state index contributed by atoms with van der Waals surface area (Å²) in [6.07, 6.45) is 3.22. The van der Waals surface area contributed by atoms with E-state index < -0.39 is 0 Å². The second-order valence-corrected chi connectivity index (χ2v) is 6.35. The van der Waals surface area contributed by atoms with Crippen LogP contribution in [0.15, 0.2) is 18.2 Å². The molecule has 6 nitrogen and oxygen atoms in total. The molecule has 6 heteroatoms. The van der Waals surface area contributed by atoms with E-state index in [0.717, 1.165) is 56.2 Å². The predicted molar refractivity (Wildman–Crippen MR) is 99.6 cm³/mol. The van der Waals surface area contributed by atoms with E-state index in [-0.39, 0.29) is 6.03 Å². The van der Waals surface area contributed by atoms with Crippen molar-refractivity contribution >= 4 is 6.03 Å². The number of amides is 2. The van der Waals surface area contributed by atoms with Crippen molar-refractivity contribution < 1.29 is 14.3 Å². The number of urea groups is 1. The summed E-state index contributed by atoms with van der Waals surface area (Å²) in [5, 5.41) is 3.02. The van der Waals surface area contributed by atoms with Crippen molar-refractivity contribution in [1.29, 1.82) is 0 Å². The van der Waals surface area contributed by atoms with Gasteiger partial charge in [0.1, 0.15) is 0 Å². The lowest BCUT2D eigenvalue weighted by Crippen LogP contribution is -2.52. The molecule has 25 heavy (non-hydrogen) atoms. The van der Waals surface area contributed by atoms with E-state index in [1.807, 2.05) is 23.1 Å². The van der Waals surface area contributed by atoms with Gasteiger partial charge in [0.15, 0.2) is 11.5 Å². The maximum atomic E-state index is 12.3. The highest BCUT2D eigenvalue weighted by Crippen LogP contribution is 2.27. The Morgan fingerprint density at radius 2 is 1.84 bits per heavy atom. The fraction of sp³-hybridized carbons (Fsp3) is 0.632. The van der Waals surface area contributed by atoms with Crippen LogP contribution < -0.4 is 14.8 Å². The van der Waals surface area contributed by atoms with Crippen molar-refractivity contribution in [1.82, 2.24) is 15.1 Å². The number of rotatable bonds is 8. The highest BCUT2D eigenvalue weighted by molar-refractivity contribution is 5.74. The van der Waals surface area contributed by atoms with Gasteiger partial charge in [-0.15, -0.1) is 0 Å². The molecule has 0 spiro atoms. The van der Waals surface area contributed by atoms with Crippen LogP contribution in [0.5, 0.6) is 11.5 Å². The third kappa shape index (κ3) is 5.81. The van der Waals surface area contributed by atoms with Crippen LogP contribution in [0.1, 0.15) is 25.3 Å². The van der Waals surface area contributed by atoms with Gasteiger partial charge in [-0.05, 0) is 37.1 Å². The lowest BCUT2D eigenvalue weighted by Gasteiger charge is -2.34. The summed E-state index contributed by atoms with van der Waals surface area (Å²) in [5.74, 6) is 1.44. The zero-order valence-corrected chi connectivity index (χ0v) is 15.7. The molecule has 0 aliphatic carbocycles. The van der Waals surface area contributed by atoms with Crippen LogP contribution in [0.25, 0.3) is 0 Å². The summed E-state index contributed by atoms with van der Waals surface area (Å²) in [4.78, 5) is 16.6. The molecule has 0 saturated carbocycles. The van der Waals surface area contributed by atoms with Gasteiger partial charge in [0, 0.05) is 32.7 Å². The first-order valence-electron chi connectivity index (χ1n) is 9.14. The molecular weight excluding hydrogens is 318 g/mol. The highest BCUT2D eigenvalue weighted by Gasteiger charge is 2.20. The van der Waals surface area contributed by atoms with Crippen molar-refractivity contribution in [3.63, 3.8) is 0 Å². The van der Waals surface area contributed by atoms with Gasteiger partial charge in [-0.1, -0.05) is 19.4 Å². The standard InChI is InChI=1S/C19H31N3O3/c1-4-5-10-21-11-13-22(14-12-21)19(23)20-9-8-16-6-7-17(24-2)18(15-16)25-3/h6-7,15H,4-5,8-14H2,1-3H3,(H,20,23). The van der Waals surface area contributed by atoms with Crippen LogP contribution in [0.2, 0.25) is 0 Å². The first-order chi connectivity index (χ1) is 12.2. The molecule has 1 fully saturated rings. The molecular formula is C19H31N3O3. The highest BCUT2D eigenvalue weighted by atomic mass is 16.5. The van der Waals surface area contributed by atoms with E-state index in [2.05, 4.69) is 17.1 Å². The lowest BCUT2D eigenvalue weighted by atomic mass is 10.1. The smallest absolute Gasteiger partial charge is 0.317 e. The largest absolute Gasteiger partial charge is 0.493 e. The topological polar surface area (TPSA) is 54.0 Å². The number of unbranched alkanes of at least 4 members (excludes halogenated alkanes) is 1. The van der Waals surface area contributed by atoms with Gasteiger partial charge in [0.25, 0.3) is 0 Å². The molecule has 1 saturated heterocycles. The molecule has 0 radical (unpaired) electrons. The minimum Gasteiger partial charge on any atom is -0.493 e. The van der Waals surface area contributed by atoms with Gasteiger partial charge in [-0.3, -0.25) is 4.90 Å². The van der Waals surface area contributed by atoms with E-state index >= 15 is 0 Å². The molecule has 1 N–H and O–H groups in total. The first-order valence-corrected chi connectivity index (χ1v) is 9.14. The van der Waals surface area contributed by atoms with Crippen molar-refractivity contribution in [3.8, 4) is 11.5 Å². The average Bonchev–Trinajstić information content (AvgIpc) is 2.66. The number of carbonyl (C=O) groups is 1. The molecule has 1 aromatic carbocycles. The van der Waals surface area contributed by atoms with Gasteiger partial charge < -0.3 is 19.7 Å². The van der Waals surface area contributed by atoms with Gasteiger partial charge in [-0.2, -0.15) is 0 Å². The Hall–Kier alpha value is -1.95. The van der Waals surface area contributed by atoms with Crippen molar-refractivity contribution in [2.75, 3.05) is 53.5 Å². The number of hydrogen-bond acceptors (Lipinski definition) is 4. The lowest BCUT2D eigenvalue weighted by molar-refractivity contribution is 0.138. The fourth-order valence-electron chi connectivity index (χ4n) is 3.02. The van der Waals surface area contributed by atoms with E-state index in [4.69, 9.17) is 9.47 Å². The maximum Gasteiger partial charge on any atom is 0.317 e. The summed E-state index contributed by atoms with van der Waals surface area (Å²) in [6.45, 7) is 7.54. The van der Waals surface area contributed by atoms with Crippen molar-refractivity contribution in [2.45, 2.75) is 26.2 Å². The van der Waals surface area contributed by atoms with E-state index in [9.17, 15) is 4.79 Å². The molecule has 140 valence electrons. The number of benzene rings is 1. The Balaban J connectivity index is 1.72. The third-order valence-corrected chi connectivity index (χ3v) is 4.63. The first kappa shape index (κ1) is 19.4. The SMILES string of the molecule is CCCCN1CCN(C(=O)NCCc2ccc(OC)c(OC)c2)CC1. The number of piperazine rings is 1. The van der Waals surface area contributed by atoms with Gasteiger partial charge in [-0.25, -0.2) is 4.79 Å². The second kappa shape index (κ2) is 10.1. The van der Waals surface area contributed by atoms with Crippen molar-refractivity contribution in [2.24, 2.45) is 0 Å². The number of hydrogen-bond donors (Lipinski definition) is 1. The molecule has 2 rings (SSSR count). The Kier molecular flexibility index (Phi) is 7.85. The number of nitrogens with one attached hydrogen (secondary N) is 1. The molecule has 2 amide bonds. The number of ether oxygens (including phenoxy) is 2. The number of carbonyl (C=O) groups excluding carboxylic acids is 1. The van der Waals surface area contributed by atoms with Crippen LogP contribution in [-0.4, -0.2) is 69.3 Å². The summed E-state index contributed by atoms with van der Waals surface area (Å²) < 4.78 is 10.6. The van der Waals surface area contributed by atoms with Crippen LogP contribution in [-0.2, 0) is 6.42 Å². The van der Waals surface area contributed by atoms with E-state index in [1.54, 1.807) is 14.2 Å². The van der Waals surface area contributed by atoms with Crippen LogP contribution in [0, 0.1) is 0 Å².